The van der Waals surface area contributed by atoms with E-state index < -0.39 is 79.6 Å². The van der Waals surface area contributed by atoms with Gasteiger partial charge in [-0.05, 0) is 48.5 Å². The Morgan fingerprint density at radius 2 is 1.29 bits per heavy atom. The molecule has 4 rings (SSSR count). The van der Waals surface area contributed by atoms with Gasteiger partial charge in [-0.2, -0.15) is 4.31 Å². The average molecular weight is 600 g/mol. The number of nitrogens with one attached hydrogen (secondary N) is 2. The smallest absolute Gasteiger partial charge is 0.336 e. The number of amides is 2. The van der Waals surface area contributed by atoms with Gasteiger partial charge in [0.25, 0.3) is 11.8 Å². The first-order chi connectivity index (χ1) is 19.7. The molecule has 7 N–H and O–H groups in total. The third-order valence-corrected chi connectivity index (χ3v) is 7.84. The molecule has 1 aliphatic rings. The molecule has 0 bridgehead atoms. The van der Waals surface area contributed by atoms with Crippen LogP contribution in [-0.4, -0.2) is 93.3 Å². The lowest BCUT2D eigenvalue weighted by Gasteiger charge is -2.21. The number of hydrogen-bond acceptors (Lipinski definition) is 10. The lowest BCUT2D eigenvalue weighted by molar-refractivity contribution is 0.0691. The quantitative estimate of drug-likeness (QED) is 0.177. The monoisotopic (exact) mass is 599 g/mol. The highest BCUT2D eigenvalue weighted by Crippen LogP contribution is 2.34. The van der Waals surface area contributed by atoms with E-state index in [2.05, 4.69) is 10.6 Å². The maximum Gasteiger partial charge on any atom is 0.336 e. The van der Waals surface area contributed by atoms with E-state index in [9.17, 15) is 53.1 Å². The number of nitrogens with zero attached hydrogens (tertiary/aromatic N) is 1. The summed E-state index contributed by atoms with van der Waals surface area (Å²) in [4.78, 5) is 50.4. The van der Waals surface area contributed by atoms with E-state index in [0.717, 1.165) is 34.8 Å². The van der Waals surface area contributed by atoms with Crippen LogP contribution in [0.25, 0.3) is 0 Å². The standard InChI is InChI=1S/C27H25N3O11S/c1-42(40,41)30-11-17(28-25(36)13-5-7-15(31)8-6-13)18(12-30)29-26(37)14-9-20(33)23(21(34)10-14)24(35)22-16(27(38)39)3-2-4-19(22)32/h2-10,17-18,31-34H,11-12H2,1H3,(H,28,36)(H,29,37)(H,38,39)/t17-,18-/m1/s1. The molecule has 14 nitrogen and oxygen atoms in total. The Morgan fingerprint density at radius 3 is 1.79 bits per heavy atom. The summed E-state index contributed by atoms with van der Waals surface area (Å²) in [5.41, 5.74) is -2.22. The molecule has 42 heavy (non-hydrogen) atoms. The second-order valence-electron chi connectivity index (χ2n) is 9.51. The molecule has 2 amide bonds. The van der Waals surface area contributed by atoms with Crippen molar-refractivity contribution in [3.05, 3.63) is 82.4 Å². The number of phenols is 4. The maximum atomic E-state index is 13.1. The minimum Gasteiger partial charge on any atom is -0.508 e. The number of ketones is 1. The lowest BCUT2D eigenvalue weighted by atomic mass is 9.95. The van der Waals surface area contributed by atoms with Crippen LogP contribution in [0.3, 0.4) is 0 Å². The molecule has 1 saturated heterocycles. The molecule has 0 radical (unpaired) electrons. The number of carboxylic acids is 1. The van der Waals surface area contributed by atoms with Gasteiger partial charge >= 0.3 is 5.97 Å². The molecule has 0 unspecified atom stereocenters. The lowest BCUT2D eigenvalue weighted by Crippen LogP contribution is -2.51. The van der Waals surface area contributed by atoms with Crippen LogP contribution in [0, 0.1) is 0 Å². The van der Waals surface area contributed by atoms with Crippen molar-refractivity contribution in [3.63, 3.8) is 0 Å². The molecule has 0 saturated carbocycles. The number of carbonyl (C=O) groups excluding carboxylic acids is 3. The van der Waals surface area contributed by atoms with Gasteiger partial charge in [-0.15, -0.1) is 0 Å². The third-order valence-electron chi connectivity index (χ3n) is 6.60. The van der Waals surface area contributed by atoms with E-state index in [4.69, 9.17) is 0 Å². The third kappa shape index (κ3) is 6.11. The van der Waals surface area contributed by atoms with Gasteiger partial charge in [-0.3, -0.25) is 14.4 Å². The van der Waals surface area contributed by atoms with Crippen molar-refractivity contribution in [1.82, 2.24) is 14.9 Å². The Morgan fingerprint density at radius 1 is 0.762 bits per heavy atom. The van der Waals surface area contributed by atoms with Gasteiger partial charge in [0, 0.05) is 24.2 Å². The van der Waals surface area contributed by atoms with E-state index in [1.54, 1.807) is 0 Å². The topological polar surface area (TPSA) is 231 Å². The largest absolute Gasteiger partial charge is 0.508 e. The summed E-state index contributed by atoms with van der Waals surface area (Å²) in [6.07, 6.45) is 0.960. The molecule has 0 aromatic heterocycles. The summed E-state index contributed by atoms with van der Waals surface area (Å²) in [7, 11) is -3.73. The minimum atomic E-state index is -3.73. The number of carbonyl (C=O) groups is 4. The highest BCUT2D eigenvalue weighted by molar-refractivity contribution is 7.88. The Kier molecular flexibility index (Phi) is 8.08. The fraction of sp³-hybridized carbons (Fsp3) is 0.185. The van der Waals surface area contributed by atoms with Gasteiger partial charge < -0.3 is 36.2 Å². The first-order valence-electron chi connectivity index (χ1n) is 12.2. The number of rotatable bonds is 8. The average Bonchev–Trinajstić information content (AvgIpc) is 3.30. The molecule has 15 heteroatoms. The van der Waals surface area contributed by atoms with Crippen molar-refractivity contribution in [2.45, 2.75) is 12.1 Å². The molecule has 220 valence electrons. The Labute approximate surface area is 238 Å². The van der Waals surface area contributed by atoms with Crippen molar-refractivity contribution >= 4 is 33.6 Å². The van der Waals surface area contributed by atoms with Crippen LogP contribution < -0.4 is 10.6 Å². The van der Waals surface area contributed by atoms with E-state index in [1.807, 2.05) is 0 Å². The van der Waals surface area contributed by atoms with Gasteiger partial charge in [-0.1, -0.05) is 6.07 Å². The van der Waals surface area contributed by atoms with Crippen molar-refractivity contribution in [2.24, 2.45) is 0 Å². The molecule has 1 aliphatic heterocycles. The number of sulfonamides is 1. The Hall–Kier alpha value is -5.15. The highest BCUT2D eigenvalue weighted by Gasteiger charge is 2.39. The summed E-state index contributed by atoms with van der Waals surface area (Å²) >= 11 is 0. The van der Waals surface area contributed by atoms with E-state index >= 15 is 0 Å². The molecule has 1 fully saturated rings. The second kappa shape index (κ2) is 11.4. The predicted molar refractivity (Wildman–Crippen MR) is 145 cm³/mol. The van der Waals surface area contributed by atoms with Gasteiger partial charge in [-0.25, -0.2) is 13.2 Å². The van der Waals surface area contributed by atoms with Crippen LogP contribution in [0.15, 0.2) is 54.6 Å². The normalized spacial score (nSPS) is 17.0. The van der Waals surface area contributed by atoms with Crippen molar-refractivity contribution in [3.8, 4) is 23.0 Å². The van der Waals surface area contributed by atoms with Gasteiger partial charge in [0.2, 0.25) is 15.8 Å². The summed E-state index contributed by atoms with van der Waals surface area (Å²) in [5, 5.41) is 55.2. The zero-order chi connectivity index (χ0) is 30.9. The first kappa shape index (κ1) is 29.8. The number of hydrogen-bond donors (Lipinski definition) is 7. The Balaban J connectivity index is 1.59. The van der Waals surface area contributed by atoms with Gasteiger partial charge in [0.05, 0.1) is 29.5 Å². The second-order valence-corrected chi connectivity index (χ2v) is 11.5. The summed E-state index contributed by atoms with van der Waals surface area (Å²) in [6.45, 7) is -0.394. The molecule has 2 atom stereocenters. The van der Waals surface area contributed by atoms with Crippen LogP contribution in [0.5, 0.6) is 23.0 Å². The molecular weight excluding hydrogens is 574 g/mol. The van der Waals surface area contributed by atoms with Crippen molar-refractivity contribution < 1.29 is 53.1 Å². The first-order valence-corrected chi connectivity index (χ1v) is 14.0. The zero-order valence-corrected chi connectivity index (χ0v) is 22.6. The minimum absolute atomic E-state index is 0.0667. The molecule has 3 aromatic rings. The van der Waals surface area contributed by atoms with Crippen molar-refractivity contribution in [1.29, 1.82) is 0 Å². The van der Waals surface area contributed by atoms with Gasteiger partial charge in [0.1, 0.15) is 28.6 Å². The molecule has 0 spiro atoms. The van der Waals surface area contributed by atoms with Crippen LogP contribution in [0.1, 0.15) is 47.0 Å². The van der Waals surface area contributed by atoms with Gasteiger partial charge in [0.15, 0.2) is 0 Å². The number of aromatic hydroxyl groups is 4. The summed E-state index contributed by atoms with van der Waals surface area (Å²) in [5.74, 6) is -6.84. The number of carboxylic acid groups (broad SMARTS) is 1. The number of benzene rings is 3. The van der Waals surface area contributed by atoms with Crippen LogP contribution in [0.2, 0.25) is 0 Å². The fourth-order valence-corrected chi connectivity index (χ4v) is 5.37. The zero-order valence-electron chi connectivity index (χ0n) is 21.8. The van der Waals surface area contributed by atoms with Crippen LogP contribution in [0.4, 0.5) is 0 Å². The molecule has 3 aromatic carbocycles. The Bertz CT molecular complexity index is 1680. The van der Waals surface area contributed by atoms with Crippen molar-refractivity contribution in [2.75, 3.05) is 19.3 Å². The van der Waals surface area contributed by atoms with E-state index in [0.29, 0.717) is 0 Å². The molecular formula is C27H25N3O11S. The molecule has 0 aliphatic carbocycles. The fourth-order valence-electron chi connectivity index (χ4n) is 4.50. The summed E-state index contributed by atoms with van der Waals surface area (Å²) < 4.78 is 25.4. The van der Waals surface area contributed by atoms with E-state index in [1.165, 1.54) is 30.3 Å². The predicted octanol–water partition coefficient (Wildman–Crippen LogP) is 0.610. The van der Waals surface area contributed by atoms with Crippen LogP contribution >= 0.6 is 0 Å². The molecule has 1 heterocycles. The highest BCUT2D eigenvalue weighted by atomic mass is 32.2. The maximum absolute atomic E-state index is 13.1. The number of aromatic carboxylic acids is 1. The SMILES string of the molecule is CS(=O)(=O)N1C[C@@H](NC(=O)c2ccc(O)cc2)[C@H](NC(=O)c2cc(O)c(C(=O)c3c(O)cccc3C(=O)O)c(O)c2)C1. The number of phenolic OH excluding ortho intramolecular Hbond substituents is 4. The summed E-state index contributed by atoms with van der Waals surface area (Å²) in [6, 6.07) is 8.37. The van der Waals surface area contributed by atoms with Crippen LogP contribution in [-0.2, 0) is 10.0 Å². The van der Waals surface area contributed by atoms with E-state index in [-0.39, 0.29) is 30.0 Å².